The number of hydrogen-bond acceptors (Lipinski definition) is 0. The molecule has 0 saturated carbocycles. The van der Waals surface area contributed by atoms with E-state index in [0.29, 0.717) is 0 Å². The fourth-order valence-electron chi connectivity index (χ4n) is 8.10. The van der Waals surface area contributed by atoms with Crippen molar-refractivity contribution in [1.29, 1.82) is 0 Å². The molecular formula is C44H45Cl2Ti. The smallest absolute Gasteiger partial charge is 0.147 e. The number of halogens is 2. The molecule has 0 amide bonds. The minimum Gasteiger partial charge on any atom is -0.147 e. The molecule has 0 nitrogen and oxygen atoms in total. The fourth-order valence-corrected chi connectivity index (χ4v) is 15.9. The number of allylic oxidation sites excluding steroid dienone is 4. The molecule has 0 spiro atoms. The first-order chi connectivity index (χ1) is 21.8. The first kappa shape index (κ1) is 35.1. The van der Waals surface area contributed by atoms with Gasteiger partial charge in [-0.15, -0.1) is 24.8 Å². The van der Waals surface area contributed by atoms with Crippen LogP contribution in [0.5, 0.6) is 0 Å². The summed E-state index contributed by atoms with van der Waals surface area (Å²) in [5.74, 6) is 0. The topological polar surface area (TPSA) is 0 Å². The molecular weight excluding hydrogens is 647 g/mol. The maximum atomic E-state index is 2.67. The van der Waals surface area contributed by atoms with Crippen LogP contribution in [0.1, 0.15) is 74.4 Å². The summed E-state index contributed by atoms with van der Waals surface area (Å²) in [6.07, 6.45) is 9.12. The molecule has 1 atom stereocenters. The Balaban J connectivity index is 0.00000217. The maximum Gasteiger partial charge on any atom is -0.147 e. The zero-order chi connectivity index (χ0) is 31.2. The minimum absolute atomic E-state index is 0. The van der Waals surface area contributed by atoms with Gasteiger partial charge < -0.3 is 0 Å². The Bertz CT molecular complexity index is 2000. The SMILES string of the molecule is C[CH]=[Ti]([C]1=CC=CC1)([c]1ccccc1)[c]1c(C(C)(C)c2ccccc2)ccc2c1Cc1cc(C(C)(C)c3ccccc3)ccc1-2.Cl.Cl. The molecule has 3 heteroatoms. The van der Waals surface area contributed by atoms with Crippen molar-refractivity contribution in [3.8, 4) is 11.1 Å². The van der Waals surface area contributed by atoms with Crippen molar-refractivity contribution < 1.29 is 16.1 Å². The van der Waals surface area contributed by atoms with Gasteiger partial charge in [-0.1, -0.05) is 0 Å². The van der Waals surface area contributed by atoms with Crippen molar-refractivity contribution in [2.24, 2.45) is 0 Å². The maximum absolute atomic E-state index is 3.25. The first-order valence-electron chi connectivity index (χ1n) is 16.4. The van der Waals surface area contributed by atoms with Crippen LogP contribution in [-0.4, -0.2) is 4.31 Å². The molecule has 0 heterocycles. The fraction of sp³-hybridized carbons (Fsp3) is 0.205. The van der Waals surface area contributed by atoms with Gasteiger partial charge in [0.2, 0.25) is 0 Å². The van der Waals surface area contributed by atoms with Crippen molar-refractivity contribution in [2.45, 2.75) is 58.3 Å². The molecule has 1 unspecified atom stereocenters. The van der Waals surface area contributed by atoms with E-state index in [9.17, 15) is 0 Å². The Morgan fingerprint density at radius 1 is 0.617 bits per heavy atom. The number of fused-ring (bicyclic) bond motifs is 3. The zero-order valence-electron chi connectivity index (χ0n) is 28.1. The van der Waals surface area contributed by atoms with Crippen LogP contribution < -0.4 is 7.74 Å². The molecule has 0 aromatic heterocycles. The molecule has 0 radical (unpaired) electrons. The van der Waals surface area contributed by atoms with Crippen LogP contribution in [-0.2, 0) is 33.4 Å². The summed E-state index contributed by atoms with van der Waals surface area (Å²) in [6, 6.07) is 45.8. The average Bonchev–Trinajstić information content (AvgIpc) is 3.75. The molecule has 0 bridgehead atoms. The van der Waals surface area contributed by atoms with Gasteiger partial charge in [-0.3, -0.25) is 0 Å². The van der Waals surface area contributed by atoms with Crippen LogP contribution in [0.25, 0.3) is 11.1 Å². The quantitative estimate of drug-likeness (QED) is 0.146. The Kier molecular flexibility index (Phi) is 10.2. The van der Waals surface area contributed by atoms with E-state index >= 15 is 0 Å². The zero-order valence-corrected chi connectivity index (χ0v) is 31.3. The van der Waals surface area contributed by atoms with Gasteiger partial charge in [-0.25, -0.2) is 0 Å². The van der Waals surface area contributed by atoms with E-state index in [2.05, 4.69) is 178 Å². The third kappa shape index (κ3) is 5.79. The van der Waals surface area contributed by atoms with Gasteiger partial charge in [0.05, 0.1) is 0 Å². The summed E-state index contributed by atoms with van der Waals surface area (Å²) in [5.41, 5.74) is 11.2. The summed E-state index contributed by atoms with van der Waals surface area (Å²) in [4.78, 5) is 0. The largest absolute Gasteiger partial charge is 0.147 e. The van der Waals surface area contributed by atoms with Gasteiger partial charge in [0.25, 0.3) is 0 Å². The number of benzene rings is 5. The molecule has 7 rings (SSSR count). The Morgan fingerprint density at radius 3 is 1.77 bits per heavy atom. The third-order valence-electron chi connectivity index (χ3n) is 10.8. The second-order valence-electron chi connectivity index (χ2n) is 13.8. The summed E-state index contributed by atoms with van der Waals surface area (Å²) >= 11 is -3.25. The number of rotatable bonds is 7. The van der Waals surface area contributed by atoms with Gasteiger partial charge in [0.15, 0.2) is 0 Å². The summed E-state index contributed by atoms with van der Waals surface area (Å²) in [6.45, 7) is 11.9. The van der Waals surface area contributed by atoms with E-state index in [4.69, 9.17) is 0 Å². The first-order valence-corrected chi connectivity index (χ1v) is 19.7. The second kappa shape index (κ2) is 13.7. The standard InChI is InChI=1S/C31H29.C6H5.C5H5.C2H4.2ClH.Ti/c1-30(2,24-11-7-5-8-12-24)26-15-17-28-22(20-26)19-23-21-27(16-18-29(23)28)31(3,4)25-13-9-6-10-14-25;1-2-4-6-5-3-1;1-2-4-5-3-1;1-2;;;/h5-18,20H,19H2,1-4H3;1-5H;1-3H,4H2;1H,2H3;2*1H;. The van der Waals surface area contributed by atoms with E-state index < -0.39 is 16.1 Å². The van der Waals surface area contributed by atoms with Gasteiger partial charge in [-0.05, 0) is 0 Å². The van der Waals surface area contributed by atoms with Crippen LogP contribution in [0.2, 0.25) is 0 Å². The summed E-state index contributed by atoms with van der Waals surface area (Å²) in [5, 5.41) is 0. The molecule has 0 N–H and O–H groups in total. The average molecular weight is 693 g/mol. The van der Waals surface area contributed by atoms with E-state index in [1.54, 1.807) is 13.3 Å². The predicted molar refractivity (Wildman–Crippen MR) is 206 cm³/mol. The van der Waals surface area contributed by atoms with E-state index in [0.717, 1.165) is 12.8 Å². The molecule has 5 aromatic carbocycles. The predicted octanol–water partition coefficient (Wildman–Crippen LogP) is 10.5. The Morgan fingerprint density at radius 2 is 1.19 bits per heavy atom. The van der Waals surface area contributed by atoms with Crippen molar-refractivity contribution in [3.05, 3.63) is 177 Å². The van der Waals surface area contributed by atoms with Crippen LogP contribution in [0.4, 0.5) is 0 Å². The van der Waals surface area contributed by atoms with Crippen molar-refractivity contribution in [2.75, 3.05) is 0 Å². The van der Waals surface area contributed by atoms with Crippen molar-refractivity contribution >= 4 is 36.9 Å². The molecule has 0 fully saturated rings. The van der Waals surface area contributed by atoms with Gasteiger partial charge in [-0.2, -0.15) is 0 Å². The molecule has 0 aliphatic heterocycles. The third-order valence-corrected chi connectivity index (χ3v) is 18.4. The molecule has 2 aliphatic rings. The minimum atomic E-state index is -3.25. The Hall–Kier alpha value is -3.26. The van der Waals surface area contributed by atoms with Crippen LogP contribution in [0, 0.1) is 0 Å². The Labute approximate surface area is 297 Å². The number of hydrogen-bond donors (Lipinski definition) is 0. The van der Waals surface area contributed by atoms with Crippen molar-refractivity contribution in [3.63, 3.8) is 0 Å². The normalized spacial score (nSPS) is 14.6. The van der Waals surface area contributed by atoms with Crippen LogP contribution in [0.15, 0.2) is 143 Å². The summed E-state index contributed by atoms with van der Waals surface area (Å²) in [7, 11) is 0. The van der Waals surface area contributed by atoms with Gasteiger partial charge in [0, 0.05) is 0 Å². The second-order valence-corrected chi connectivity index (χ2v) is 19.9. The van der Waals surface area contributed by atoms with Gasteiger partial charge >= 0.3 is 274 Å². The van der Waals surface area contributed by atoms with Crippen molar-refractivity contribution in [1.82, 2.24) is 0 Å². The van der Waals surface area contributed by atoms with E-state index in [1.165, 1.54) is 42.8 Å². The molecule has 239 valence electrons. The molecule has 47 heavy (non-hydrogen) atoms. The van der Waals surface area contributed by atoms with E-state index in [1.807, 2.05) is 0 Å². The van der Waals surface area contributed by atoms with Crippen LogP contribution in [0.3, 0.4) is 0 Å². The van der Waals surface area contributed by atoms with E-state index in [-0.39, 0.29) is 35.6 Å². The molecule has 2 aliphatic carbocycles. The van der Waals surface area contributed by atoms with Crippen LogP contribution >= 0.6 is 24.8 Å². The molecule has 0 saturated heterocycles. The monoisotopic (exact) mass is 691 g/mol. The molecule has 5 aromatic rings. The van der Waals surface area contributed by atoms with Gasteiger partial charge in [0.1, 0.15) is 0 Å². The summed E-state index contributed by atoms with van der Waals surface area (Å²) < 4.78 is 7.46.